The maximum absolute atomic E-state index is 11.9. The van der Waals surface area contributed by atoms with Gasteiger partial charge in [-0.25, -0.2) is 0 Å². The molecule has 0 fully saturated rings. The molecule has 0 radical (unpaired) electrons. The summed E-state index contributed by atoms with van der Waals surface area (Å²) in [5, 5.41) is 8.81. The van der Waals surface area contributed by atoms with Crippen LogP contribution in [0.1, 0.15) is 30.9 Å². The lowest BCUT2D eigenvalue weighted by Gasteiger charge is -2.21. The van der Waals surface area contributed by atoms with Crippen molar-refractivity contribution in [2.75, 3.05) is 7.05 Å². The van der Waals surface area contributed by atoms with E-state index in [1.165, 1.54) is 0 Å². The molecule has 0 aromatic heterocycles. The molecule has 4 heteroatoms. The van der Waals surface area contributed by atoms with Crippen LogP contribution in [0, 0.1) is 11.3 Å². The normalized spacial score (nSPS) is 11.7. The molecule has 0 saturated carbocycles. The highest BCUT2D eigenvalue weighted by molar-refractivity contribution is 5.81. The first-order valence-electron chi connectivity index (χ1n) is 6.08. The molecule has 1 aromatic rings. The van der Waals surface area contributed by atoms with Gasteiger partial charge < -0.3 is 10.6 Å². The van der Waals surface area contributed by atoms with Crippen LogP contribution in [0.5, 0.6) is 0 Å². The van der Waals surface area contributed by atoms with Gasteiger partial charge in [0.25, 0.3) is 0 Å². The van der Waals surface area contributed by atoms with Gasteiger partial charge in [0.1, 0.15) is 0 Å². The molecule has 1 rings (SSSR count). The molecule has 1 atom stereocenters. The molecular weight excluding hydrogens is 226 g/mol. The van der Waals surface area contributed by atoms with Crippen molar-refractivity contribution in [3.05, 3.63) is 35.4 Å². The van der Waals surface area contributed by atoms with Crippen LogP contribution in [0.25, 0.3) is 0 Å². The van der Waals surface area contributed by atoms with Crippen molar-refractivity contribution in [1.82, 2.24) is 4.90 Å². The van der Waals surface area contributed by atoms with Gasteiger partial charge >= 0.3 is 0 Å². The van der Waals surface area contributed by atoms with E-state index in [4.69, 9.17) is 11.0 Å². The average molecular weight is 245 g/mol. The van der Waals surface area contributed by atoms with E-state index in [2.05, 4.69) is 6.07 Å². The Labute approximate surface area is 108 Å². The summed E-state index contributed by atoms with van der Waals surface area (Å²) in [5.41, 5.74) is 7.34. The average Bonchev–Trinajstić information content (AvgIpc) is 2.38. The Morgan fingerprint density at radius 3 is 2.89 bits per heavy atom. The third kappa shape index (κ3) is 3.86. The van der Waals surface area contributed by atoms with Gasteiger partial charge in [0.05, 0.1) is 17.7 Å². The molecule has 2 N–H and O–H groups in total. The third-order valence-corrected chi connectivity index (χ3v) is 2.77. The number of hydrogen-bond donors (Lipinski definition) is 1. The van der Waals surface area contributed by atoms with Gasteiger partial charge in [0, 0.05) is 13.6 Å². The first-order valence-corrected chi connectivity index (χ1v) is 6.08. The van der Waals surface area contributed by atoms with Crippen molar-refractivity contribution in [1.29, 1.82) is 5.26 Å². The first kappa shape index (κ1) is 14.2. The summed E-state index contributed by atoms with van der Waals surface area (Å²) in [7, 11) is 1.73. The van der Waals surface area contributed by atoms with Crippen LogP contribution >= 0.6 is 0 Å². The summed E-state index contributed by atoms with van der Waals surface area (Å²) in [6.45, 7) is 2.48. The second-order valence-corrected chi connectivity index (χ2v) is 4.40. The molecule has 18 heavy (non-hydrogen) atoms. The maximum atomic E-state index is 11.9. The summed E-state index contributed by atoms with van der Waals surface area (Å²) in [5.74, 6) is -0.0563. The molecule has 0 aliphatic rings. The van der Waals surface area contributed by atoms with E-state index >= 15 is 0 Å². The fraction of sp³-hybridized carbons (Fsp3) is 0.429. The van der Waals surface area contributed by atoms with Gasteiger partial charge in [-0.3, -0.25) is 4.79 Å². The third-order valence-electron chi connectivity index (χ3n) is 2.77. The van der Waals surface area contributed by atoms with Crippen molar-refractivity contribution in [3.63, 3.8) is 0 Å². The molecule has 1 aromatic carbocycles. The molecule has 0 saturated heterocycles. The van der Waals surface area contributed by atoms with Crippen LogP contribution in [0.2, 0.25) is 0 Å². The molecule has 4 nitrogen and oxygen atoms in total. The Hall–Kier alpha value is -1.86. The zero-order valence-electron chi connectivity index (χ0n) is 10.9. The lowest BCUT2D eigenvalue weighted by atomic mass is 10.1. The van der Waals surface area contributed by atoms with Gasteiger partial charge in [-0.2, -0.15) is 5.26 Å². The van der Waals surface area contributed by atoms with Crippen molar-refractivity contribution in [2.45, 2.75) is 32.4 Å². The molecular formula is C14H19N3O. The SMILES string of the molecule is CCC[C@H](N)C(=O)N(C)Cc1cccc(C#N)c1. The van der Waals surface area contributed by atoms with E-state index < -0.39 is 6.04 Å². The first-order chi connectivity index (χ1) is 8.58. The number of carbonyl (C=O) groups is 1. The number of benzene rings is 1. The van der Waals surface area contributed by atoms with Crippen molar-refractivity contribution in [3.8, 4) is 6.07 Å². The van der Waals surface area contributed by atoms with Crippen LogP contribution in [-0.2, 0) is 11.3 Å². The minimum Gasteiger partial charge on any atom is -0.340 e. The summed E-state index contributed by atoms with van der Waals surface area (Å²) in [4.78, 5) is 13.5. The van der Waals surface area contributed by atoms with E-state index in [1.54, 1.807) is 24.1 Å². The van der Waals surface area contributed by atoms with Crippen molar-refractivity contribution in [2.24, 2.45) is 5.73 Å². The Morgan fingerprint density at radius 1 is 1.56 bits per heavy atom. The van der Waals surface area contributed by atoms with E-state index in [0.717, 1.165) is 12.0 Å². The smallest absolute Gasteiger partial charge is 0.239 e. The number of nitrogens with two attached hydrogens (primary N) is 1. The zero-order chi connectivity index (χ0) is 13.5. The summed E-state index contributed by atoms with van der Waals surface area (Å²) in [6.07, 6.45) is 1.59. The van der Waals surface area contributed by atoms with Crippen LogP contribution in [0.3, 0.4) is 0 Å². The molecule has 96 valence electrons. The highest BCUT2D eigenvalue weighted by atomic mass is 16.2. The molecule has 0 aliphatic carbocycles. The van der Waals surface area contributed by atoms with Gasteiger partial charge in [-0.15, -0.1) is 0 Å². The quantitative estimate of drug-likeness (QED) is 0.857. The largest absolute Gasteiger partial charge is 0.340 e. The molecule has 0 spiro atoms. The number of amides is 1. The van der Waals surface area contributed by atoms with Gasteiger partial charge in [-0.1, -0.05) is 25.5 Å². The van der Waals surface area contributed by atoms with Gasteiger partial charge in [0.15, 0.2) is 0 Å². The number of nitriles is 1. The highest BCUT2D eigenvalue weighted by Crippen LogP contribution is 2.08. The Bertz CT molecular complexity index is 451. The molecule has 0 unspecified atom stereocenters. The highest BCUT2D eigenvalue weighted by Gasteiger charge is 2.17. The zero-order valence-corrected chi connectivity index (χ0v) is 10.9. The Kier molecular flexibility index (Phi) is 5.34. The molecule has 0 bridgehead atoms. The van der Waals surface area contributed by atoms with Crippen LogP contribution in [0.4, 0.5) is 0 Å². The van der Waals surface area contributed by atoms with Gasteiger partial charge in [0.2, 0.25) is 5.91 Å². The van der Waals surface area contributed by atoms with Crippen LogP contribution < -0.4 is 5.73 Å². The second kappa shape index (κ2) is 6.77. The Morgan fingerprint density at radius 2 is 2.28 bits per heavy atom. The molecule has 0 heterocycles. The number of hydrogen-bond acceptors (Lipinski definition) is 3. The fourth-order valence-corrected chi connectivity index (χ4v) is 1.81. The molecule has 0 aliphatic heterocycles. The monoisotopic (exact) mass is 245 g/mol. The maximum Gasteiger partial charge on any atom is 0.239 e. The predicted octanol–water partition coefficient (Wildman–Crippen LogP) is 1.64. The molecule has 1 amide bonds. The van der Waals surface area contributed by atoms with Gasteiger partial charge in [-0.05, 0) is 24.1 Å². The van der Waals surface area contributed by atoms with Crippen molar-refractivity contribution >= 4 is 5.91 Å². The summed E-state index contributed by atoms with van der Waals surface area (Å²) >= 11 is 0. The van der Waals surface area contributed by atoms with Crippen LogP contribution in [-0.4, -0.2) is 23.9 Å². The standard InChI is InChI=1S/C14H19N3O/c1-3-5-13(16)14(18)17(2)10-12-7-4-6-11(8-12)9-15/h4,6-8,13H,3,5,10,16H2,1-2H3/t13-/m0/s1. The van der Waals surface area contributed by atoms with E-state index in [0.29, 0.717) is 18.5 Å². The minimum absolute atomic E-state index is 0.0563. The Balaban J connectivity index is 2.66. The number of rotatable bonds is 5. The number of carbonyl (C=O) groups excluding carboxylic acids is 1. The number of nitrogens with zero attached hydrogens (tertiary/aromatic N) is 2. The lowest BCUT2D eigenvalue weighted by Crippen LogP contribution is -2.41. The second-order valence-electron chi connectivity index (χ2n) is 4.40. The lowest BCUT2D eigenvalue weighted by molar-refractivity contribution is -0.131. The minimum atomic E-state index is -0.431. The topological polar surface area (TPSA) is 70.1 Å². The predicted molar refractivity (Wildman–Crippen MR) is 70.5 cm³/mol. The fourth-order valence-electron chi connectivity index (χ4n) is 1.81. The van der Waals surface area contributed by atoms with E-state index in [-0.39, 0.29) is 5.91 Å². The van der Waals surface area contributed by atoms with Crippen LogP contribution in [0.15, 0.2) is 24.3 Å². The summed E-state index contributed by atoms with van der Waals surface area (Å²) in [6, 6.07) is 8.90. The van der Waals surface area contributed by atoms with Crippen molar-refractivity contribution < 1.29 is 4.79 Å². The summed E-state index contributed by atoms with van der Waals surface area (Å²) < 4.78 is 0. The van der Waals surface area contributed by atoms with E-state index in [9.17, 15) is 4.79 Å². The van der Waals surface area contributed by atoms with E-state index in [1.807, 2.05) is 19.1 Å². The number of likely N-dealkylation sites (N-methyl/N-ethyl adjacent to an activating group) is 1.